The molecule has 1 saturated carbocycles. The van der Waals surface area contributed by atoms with Crippen LogP contribution in [-0.2, 0) is 13.6 Å². The second kappa shape index (κ2) is 9.20. The number of rotatable bonds is 8. The molecule has 0 bridgehead atoms. The predicted octanol–water partition coefficient (Wildman–Crippen LogP) is 3.18. The van der Waals surface area contributed by atoms with E-state index in [2.05, 4.69) is 41.6 Å². The number of aliphatic imine (C=N–C) groups is 1. The molecule has 0 amide bonds. The molecule has 1 aromatic heterocycles. The van der Waals surface area contributed by atoms with Crippen molar-refractivity contribution < 1.29 is 0 Å². The first-order valence-corrected chi connectivity index (χ1v) is 9.81. The van der Waals surface area contributed by atoms with Crippen molar-refractivity contribution in [2.24, 2.45) is 23.4 Å². The van der Waals surface area contributed by atoms with Gasteiger partial charge in [-0.25, -0.2) is 4.99 Å². The van der Waals surface area contributed by atoms with Gasteiger partial charge in [0.2, 0.25) is 0 Å². The van der Waals surface area contributed by atoms with Crippen LogP contribution in [0.2, 0.25) is 0 Å². The lowest BCUT2D eigenvalue weighted by Crippen LogP contribution is -2.44. The third kappa shape index (κ3) is 5.72. The Bertz CT molecular complexity index is 554. The van der Waals surface area contributed by atoms with Crippen molar-refractivity contribution in [3.63, 3.8) is 0 Å². The van der Waals surface area contributed by atoms with Crippen molar-refractivity contribution in [3.8, 4) is 0 Å². The zero-order chi connectivity index (χ0) is 18.3. The van der Waals surface area contributed by atoms with Crippen molar-refractivity contribution in [3.05, 3.63) is 11.6 Å². The zero-order valence-corrected chi connectivity index (χ0v) is 16.7. The summed E-state index contributed by atoms with van der Waals surface area (Å²) in [6, 6.07) is 0. The number of aryl methyl sites for hydroxylation is 1. The molecule has 0 unspecified atom stereocenters. The molecule has 6 nitrogen and oxygen atoms in total. The molecule has 2 rings (SSSR count). The maximum Gasteiger partial charge on any atom is 0.191 e. The van der Waals surface area contributed by atoms with Gasteiger partial charge >= 0.3 is 0 Å². The van der Waals surface area contributed by atoms with E-state index < -0.39 is 0 Å². The van der Waals surface area contributed by atoms with E-state index in [1.807, 2.05) is 18.5 Å². The number of aromatic nitrogens is 3. The fourth-order valence-electron chi connectivity index (χ4n) is 3.46. The molecular weight excluding hydrogens is 312 g/mol. The first-order chi connectivity index (χ1) is 11.9. The van der Waals surface area contributed by atoms with Gasteiger partial charge in [0.25, 0.3) is 0 Å². The summed E-state index contributed by atoms with van der Waals surface area (Å²) in [5.74, 6) is 3.52. The van der Waals surface area contributed by atoms with Crippen LogP contribution in [0.25, 0.3) is 0 Å². The Morgan fingerprint density at radius 2 is 1.96 bits per heavy atom. The maximum absolute atomic E-state index is 4.74. The first-order valence-electron chi connectivity index (χ1n) is 9.81. The van der Waals surface area contributed by atoms with E-state index in [9.17, 15) is 0 Å². The fraction of sp³-hybridized carbons (Fsp3) is 0.842. The summed E-state index contributed by atoms with van der Waals surface area (Å²) in [6.45, 7) is 11.4. The average Bonchev–Trinajstić information content (AvgIpc) is 3.23. The molecule has 0 saturated heterocycles. The second-order valence-corrected chi connectivity index (χ2v) is 7.99. The molecule has 1 aliphatic carbocycles. The summed E-state index contributed by atoms with van der Waals surface area (Å²) in [5.41, 5.74) is 0.297. The minimum atomic E-state index is 0.297. The highest BCUT2D eigenvalue weighted by Crippen LogP contribution is 2.38. The standard InChI is InChI=1S/C19H36N6/c1-6-7-12-20-18(21-13-17-24-23-15(2)25(17)5)22-14-19(3,4)16-10-8-9-11-16/h16H,6-14H2,1-5H3,(H2,20,21,22). The van der Waals surface area contributed by atoms with Crippen LogP contribution >= 0.6 is 0 Å². The Balaban J connectivity index is 1.96. The smallest absolute Gasteiger partial charge is 0.191 e. The summed E-state index contributed by atoms with van der Waals surface area (Å²) in [7, 11) is 1.99. The summed E-state index contributed by atoms with van der Waals surface area (Å²) >= 11 is 0. The van der Waals surface area contributed by atoms with E-state index >= 15 is 0 Å². The van der Waals surface area contributed by atoms with Crippen molar-refractivity contribution in [1.29, 1.82) is 0 Å². The van der Waals surface area contributed by atoms with Crippen LogP contribution < -0.4 is 10.6 Å². The second-order valence-electron chi connectivity index (χ2n) is 7.99. The van der Waals surface area contributed by atoms with Gasteiger partial charge in [0.05, 0.1) is 0 Å². The molecule has 1 fully saturated rings. The van der Waals surface area contributed by atoms with E-state index in [1.54, 1.807) is 0 Å². The van der Waals surface area contributed by atoms with Gasteiger partial charge in [0.1, 0.15) is 12.4 Å². The van der Waals surface area contributed by atoms with Crippen molar-refractivity contribution >= 4 is 5.96 Å². The molecule has 6 heteroatoms. The largest absolute Gasteiger partial charge is 0.356 e. The molecule has 1 aliphatic rings. The molecule has 0 aliphatic heterocycles. The lowest BCUT2D eigenvalue weighted by molar-refractivity contribution is 0.218. The summed E-state index contributed by atoms with van der Waals surface area (Å²) in [6.07, 6.45) is 7.82. The summed E-state index contributed by atoms with van der Waals surface area (Å²) < 4.78 is 2.00. The Hall–Kier alpha value is -1.59. The SMILES string of the molecule is CCCCNC(=NCc1nnc(C)n1C)NCC(C)(C)C1CCCC1. The highest BCUT2D eigenvalue weighted by atomic mass is 15.3. The van der Waals surface area contributed by atoms with Crippen molar-refractivity contribution in [1.82, 2.24) is 25.4 Å². The maximum atomic E-state index is 4.74. The van der Waals surface area contributed by atoms with Gasteiger partial charge < -0.3 is 15.2 Å². The van der Waals surface area contributed by atoms with E-state index in [4.69, 9.17) is 4.99 Å². The monoisotopic (exact) mass is 348 g/mol. The number of hydrogen-bond donors (Lipinski definition) is 2. The fourth-order valence-corrected chi connectivity index (χ4v) is 3.46. The van der Waals surface area contributed by atoms with Gasteiger partial charge in [-0.15, -0.1) is 10.2 Å². The minimum absolute atomic E-state index is 0.297. The van der Waals surface area contributed by atoms with Crippen LogP contribution in [0.1, 0.15) is 70.9 Å². The van der Waals surface area contributed by atoms with Crippen LogP contribution in [0.4, 0.5) is 0 Å². The summed E-state index contributed by atoms with van der Waals surface area (Å²) in [4.78, 5) is 4.74. The normalized spacial score (nSPS) is 16.4. The Kier molecular flexibility index (Phi) is 7.26. The van der Waals surface area contributed by atoms with Gasteiger partial charge in [-0.2, -0.15) is 0 Å². The van der Waals surface area contributed by atoms with Gasteiger partial charge in [0, 0.05) is 20.1 Å². The molecule has 2 N–H and O–H groups in total. The molecule has 1 aromatic rings. The third-order valence-corrected chi connectivity index (χ3v) is 5.56. The van der Waals surface area contributed by atoms with Gasteiger partial charge in [-0.05, 0) is 37.5 Å². The highest BCUT2D eigenvalue weighted by molar-refractivity contribution is 5.79. The molecule has 0 radical (unpaired) electrons. The topological polar surface area (TPSA) is 67.1 Å². The lowest BCUT2D eigenvalue weighted by atomic mass is 9.78. The van der Waals surface area contributed by atoms with Gasteiger partial charge in [0.15, 0.2) is 11.8 Å². The van der Waals surface area contributed by atoms with E-state index in [0.717, 1.165) is 43.0 Å². The van der Waals surface area contributed by atoms with Crippen LogP contribution in [0.5, 0.6) is 0 Å². The molecule has 0 aromatic carbocycles. The molecule has 25 heavy (non-hydrogen) atoms. The quantitative estimate of drug-likeness (QED) is 0.430. The number of nitrogens with one attached hydrogen (secondary N) is 2. The molecule has 142 valence electrons. The van der Waals surface area contributed by atoms with Crippen LogP contribution in [0.3, 0.4) is 0 Å². The minimum Gasteiger partial charge on any atom is -0.356 e. The molecule has 0 atom stereocenters. The van der Waals surface area contributed by atoms with Crippen LogP contribution in [0, 0.1) is 18.3 Å². The zero-order valence-electron chi connectivity index (χ0n) is 16.7. The van der Waals surface area contributed by atoms with Gasteiger partial charge in [-0.1, -0.05) is 40.0 Å². The van der Waals surface area contributed by atoms with Gasteiger partial charge in [-0.3, -0.25) is 0 Å². The van der Waals surface area contributed by atoms with E-state index in [-0.39, 0.29) is 0 Å². The molecule has 0 spiro atoms. The number of nitrogens with zero attached hydrogens (tertiary/aromatic N) is 4. The van der Waals surface area contributed by atoms with E-state index in [1.165, 1.54) is 32.1 Å². The first kappa shape index (κ1) is 19.7. The number of guanidine groups is 1. The Morgan fingerprint density at radius 3 is 2.56 bits per heavy atom. The number of hydrogen-bond acceptors (Lipinski definition) is 3. The van der Waals surface area contributed by atoms with E-state index in [0.29, 0.717) is 12.0 Å². The Morgan fingerprint density at radius 1 is 1.24 bits per heavy atom. The number of unbranched alkanes of at least 4 members (excludes halogenated alkanes) is 1. The predicted molar refractivity (Wildman–Crippen MR) is 104 cm³/mol. The van der Waals surface area contributed by atoms with Crippen LogP contribution in [-0.4, -0.2) is 33.8 Å². The molecular formula is C19H36N6. The summed E-state index contributed by atoms with van der Waals surface area (Å²) in [5, 5.41) is 15.4. The third-order valence-electron chi connectivity index (χ3n) is 5.56. The Labute approximate surface area is 152 Å². The van der Waals surface area contributed by atoms with Crippen molar-refractivity contribution in [2.75, 3.05) is 13.1 Å². The average molecular weight is 349 g/mol. The highest BCUT2D eigenvalue weighted by Gasteiger charge is 2.31. The van der Waals surface area contributed by atoms with Crippen molar-refractivity contribution in [2.45, 2.75) is 72.8 Å². The molecule has 1 heterocycles. The lowest BCUT2D eigenvalue weighted by Gasteiger charge is -2.32. The van der Waals surface area contributed by atoms with Crippen LogP contribution in [0.15, 0.2) is 4.99 Å².